The minimum absolute atomic E-state index is 0.000732. The molecule has 0 aromatic carbocycles. The van der Waals surface area contributed by atoms with Crippen molar-refractivity contribution in [3.05, 3.63) is 24.2 Å². The van der Waals surface area contributed by atoms with Crippen LogP contribution in [0.1, 0.15) is 90.8 Å². The summed E-state index contributed by atoms with van der Waals surface area (Å²) in [5.41, 5.74) is -0.555. The fraction of sp³-hybridized carbons (Fsp3) is 0.677. The second-order valence-electron chi connectivity index (χ2n) is 12.5. The standard InChI is InChI=1S/C31H47N7O4/c1-19(2)35-26(40)17-21(32)12-15-34-25-18-27(42-20(3)23-10-8-16-38(23)4)37-30(36-25)28(33)22-9-7-14-31(29(22)41)13-6-5-11-24(31)39/h12,15,18-20,22-23,29,32-33,41H,5-11,13-14,16-17H2,1-4H3,(H,35,40)(H,34,36,37)/b15-12-,32-21?,33-28?/t20-,22-,23-,29?,31+/m0/s1. The molecule has 11 heteroatoms. The maximum absolute atomic E-state index is 13.0. The van der Waals surface area contributed by atoms with Gasteiger partial charge >= 0.3 is 0 Å². The summed E-state index contributed by atoms with van der Waals surface area (Å²) in [6.07, 6.45) is 8.93. The van der Waals surface area contributed by atoms with E-state index in [9.17, 15) is 14.7 Å². The van der Waals surface area contributed by atoms with E-state index in [0.29, 0.717) is 37.4 Å². The summed E-state index contributed by atoms with van der Waals surface area (Å²) in [4.78, 5) is 36.5. The molecule has 1 saturated heterocycles. The number of nitrogens with zero attached hydrogens (tertiary/aromatic N) is 3. The molecule has 1 spiro atoms. The summed E-state index contributed by atoms with van der Waals surface area (Å²) in [6, 6.07) is 1.90. The van der Waals surface area contributed by atoms with E-state index < -0.39 is 17.4 Å². The Morgan fingerprint density at radius 3 is 2.64 bits per heavy atom. The summed E-state index contributed by atoms with van der Waals surface area (Å²) in [5, 5.41) is 34.5. The topological polar surface area (TPSA) is 164 Å². The highest BCUT2D eigenvalue weighted by Crippen LogP contribution is 2.48. The average molecular weight is 582 g/mol. The highest BCUT2D eigenvalue weighted by atomic mass is 16.5. The Hall–Kier alpha value is -3.18. The van der Waals surface area contributed by atoms with Crippen LogP contribution >= 0.6 is 0 Å². The Bertz CT molecular complexity index is 1200. The lowest BCUT2D eigenvalue weighted by atomic mass is 9.59. The normalized spacial score (nSPS) is 27.4. The zero-order chi connectivity index (χ0) is 30.4. The van der Waals surface area contributed by atoms with E-state index in [-0.39, 0.29) is 53.5 Å². The van der Waals surface area contributed by atoms with Crippen LogP contribution in [0.5, 0.6) is 5.88 Å². The SMILES string of the molecule is CC(C)NC(=O)CC(=N)/C=C\Nc1cc(O[C@@H](C)[C@@H]2CCCN2C)nc(C(=N)[C@@H]2CCC[C@@]3(CCCCC3=O)C2O)n1. The molecule has 2 aliphatic carbocycles. The molecule has 4 rings (SSSR count). The van der Waals surface area contributed by atoms with E-state index in [0.717, 1.165) is 38.6 Å². The maximum atomic E-state index is 13.0. The van der Waals surface area contributed by atoms with E-state index in [1.807, 2.05) is 20.8 Å². The molecule has 0 radical (unpaired) electrons. The number of likely N-dealkylation sites (tertiary alicyclic amines) is 1. The third-order valence-corrected chi connectivity index (χ3v) is 8.97. The largest absolute Gasteiger partial charge is 0.473 e. The van der Waals surface area contributed by atoms with Crippen molar-refractivity contribution in [2.45, 2.75) is 109 Å². The van der Waals surface area contributed by atoms with Crippen molar-refractivity contribution >= 4 is 28.9 Å². The van der Waals surface area contributed by atoms with Crippen LogP contribution in [0.2, 0.25) is 0 Å². The van der Waals surface area contributed by atoms with E-state index in [1.165, 1.54) is 12.3 Å². The number of carbonyl (C=O) groups is 2. The average Bonchev–Trinajstić information content (AvgIpc) is 3.36. The molecule has 5 N–H and O–H groups in total. The quantitative estimate of drug-likeness (QED) is 0.246. The molecular weight excluding hydrogens is 534 g/mol. The number of carbonyl (C=O) groups excluding carboxylic acids is 2. The monoisotopic (exact) mass is 581 g/mol. The number of amides is 1. The lowest BCUT2D eigenvalue weighted by Gasteiger charge is -2.46. The van der Waals surface area contributed by atoms with Gasteiger partial charge in [0.1, 0.15) is 17.7 Å². The van der Waals surface area contributed by atoms with Gasteiger partial charge in [0.25, 0.3) is 0 Å². The number of aliphatic hydroxyl groups excluding tert-OH is 1. The molecule has 2 heterocycles. The molecule has 3 fully saturated rings. The van der Waals surface area contributed by atoms with Gasteiger partial charge in [-0.1, -0.05) is 12.8 Å². The van der Waals surface area contributed by atoms with Crippen LogP contribution in [-0.2, 0) is 9.59 Å². The first-order chi connectivity index (χ1) is 20.0. The van der Waals surface area contributed by atoms with Gasteiger partial charge in [0, 0.05) is 42.4 Å². The number of aromatic nitrogens is 2. The minimum Gasteiger partial charge on any atom is -0.473 e. The van der Waals surface area contributed by atoms with Gasteiger partial charge in [-0.2, -0.15) is 4.98 Å². The molecular formula is C31H47N7O4. The summed E-state index contributed by atoms with van der Waals surface area (Å²) < 4.78 is 6.29. The van der Waals surface area contributed by atoms with Gasteiger partial charge < -0.3 is 31.3 Å². The number of ketones is 1. The third-order valence-electron chi connectivity index (χ3n) is 8.97. The number of hydrogen-bond donors (Lipinski definition) is 5. The van der Waals surface area contributed by atoms with Gasteiger partial charge in [-0.3, -0.25) is 14.5 Å². The lowest BCUT2D eigenvalue weighted by Crippen LogP contribution is -2.52. The van der Waals surface area contributed by atoms with Crippen molar-refractivity contribution < 1.29 is 19.4 Å². The first-order valence-electron chi connectivity index (χ1n) is 15.4. The third kappa shape index (κ3) is 7.42. The Morgan fingerprint density at radius 2 is 1.95 bits per heavy atom. The Labute approximate surface area is 248 Å². The molecule has 1 aromatic heterocycles. The van der Waals surface area contributed by atoms with Crippen LogP contribution < -0.4 is 15.4 Å². The molecule has 2 saturated carbocycles. The first-order valence-corrected chi connectivity index (χ1v) is 15.4. The molecule has 1 aromatic rings. The summed E-state index contributed by atoms with van der Waals surface area (Å²) in [6.45, 7) is 6.76. The van der Waals surface area contributed by atoms with Crippen LogP contribution in [0.4, 0.5) is 5.82 Å². The lowest BCUT2D eigenvalue weighted by molar-refractivity contribution is -0.145. The molecule has 3 aliphatic rings. The fourth-order valence-electron chi connectivity index (χ4n) is 6.80. The van der Waals surface area contributed by atoms with Crippen LogP contribution in [-0.4, -0.2) is 81.0 Å². The highest BCUT2D eigenvalue weighted by Gasteiger charge is 2.51. The van der Waals surface area contributed by atoms with E-state index in [1.54, 1.807) is 6.07 Å². The molecule has 1 unspecified atom stereocenters. The Balaban J connectivity index is 1.55. The number of ether oxygens (including phenoxy) is 1. The molecule has 0 bridgehead atoms. The first kappa shape index (κ1) is 31.7. The Morgan fingerprint density at radius 1 is 1.19 bits per heavy atom. The van der Waals surface area contributed by atoms with Gasteiger partial charge in [0.05, 0.1) is 23.7 Å². The van der Waals surface area contributed by atoms with Crippen molar-refractivity contribution in [2.75, 3.05) is 18.9 Å². The predicted octanol–water partition coefficient (Wildman–Crippen LogP) is 3.86. The van der Waals surface area contributed by atoms with Gasteiger partial charge in [-0.25, -0.2) is 4.98 Å². The van der Waals surface area contributed by atoms with Crippen molar-refractivity contribution in [3.8, 4) is 5.88 Å². The molecule has 1 amide bonds. The Kier molecular flexibility index (Phi) is 10.5. The second kappa shape index (κ2) is 13.9. The van der Waals surface area contributed by atoms with Crippen molar-refractivity contribution in [1.29, 1.82) is 10.8 Å². The number of aliphatic hydroxyl groups is 1. The number of nitrogens with one attached hydrogen (secondary N) is 4. The minimum atomic E-state index is -0.945. The summed E-state index contributed by atoms with van der Waals surface area (Å²) in [5.74, 6) is 0.170. The van der Waals surface area contributed by atoms with E-state index in [2.05, 4.69) is 32.5 Å². The van der Waals surface area contributed by atoms with E-state index >= 15 is 0 Å². The summed E-state index contributed by atoms with van der Waals surface area (Å²) >= 11 is 0. The van der Waals surface area contributed by atoms with Crippen LogP contribution in [0.25, 0.3) is 0 Å². The van der Waals surface area contributed by atoms with Crippen LogP contribution in [0.15, 0.2) is 18.3 Å². The molecule has 11 nitrogen and oxygen atoms in total. The van der Waals surface area contributed by atoms with Crippen molar-refractivity contribution in [2.24, 2.45) is 11.3 Å². The van der Waals surface area contributed by atoms with E-state index in [4.69, 9.17) is 15.6 Å². The van der Waals surface area contributed by atoms with Crippen LogP contribution in [0.3, 0.4) is 0 Å². The zero-order valence-electron chi connectivity index (χ0n) is 25.4. The molecule has 5 atom stereocenters. The zero-order valence-corrected chi connectivity index (χ0v) is 25.4. The van der Waals surface area contributed by atoms with Gasteiger partial charge in [0.2, 0.25) is 11.8 Å². The molecule has 230 valence electrons. The predicted molar refractivity (Wildman–Crippen MR) is 162 cm³/mol. The van der Waals surface area contributed by atoms with Crippen LogP contribution in [0, 0.1) is 22.2 Å². The second-order valence-corrected chi connectivity index (χ2v) is 12.5. The van der Waals surface area contributed by atoms with Crippen molar-refractivity contribution in [1.82, 2.24) is 20.2 Å². The van der Waals surface area contributed by atoms with Gasteiger partial charge in [-0.15, -0.1) is 0 Å². The number of likely N-dealkylation sites (N-methyl/N-ethyl adjacent to an activating group) is 1. The van der Waals surface area contributed by atoms with Gasteiger partial charge in [0.15, 0.2) is 5.82 Å². The summed E-state index contributed by atoms with van der Waals surface area (Å²) in [7, 11) is 2.08. The van der Waals surface area contributed by atoms with Crippen molar-refractivity contribution in [3.63, 3.8) is 0 Å². The number of rotatable bonds is 11. The number of Topliss-reactive ketones (excluding diaryl/α,β-unsaturated/α-hetero) is 1. The molecule has 1 aliphatic heterocycles. The number of hydrogen-bond acceptors (Lipinski definition) is 10. The maximum Gasteiger partial charge on any atom is 0.226 e. The number of anilines is 1. The number of allylic oxidation sites excluding steroid dienone is 1. The smallest absolute Gasteiger partial charge is 0.226 e. The highest BCUT2D eigenvalue weighted by molar-refractivity contribution is 6.05. The molecule has 42 heavy (non-hydrogen) atoms. The fourth-order valence-corrected chi connectivity index (χ4v) is 6.80. The van der Waals surface area contributed by atoms with Gasteiger partial charge in [-0.05, 0) is 79.0 Å².